The van der Waals surface area contributed by atoms with Crippen LogP contribution in [-0.2, 0) is 4.79 Å². The van der Waals surface area contributed by atoms with E-state index in [-0.39, 0.29) is 0 Å². The lowest BCUT2D eigenvalue weighted by Gasteiger charge is -1.64. The summed E-state index contributed by atoms with van der Waals surface area (Å²) in [7, 11) is 0. The molecule has 0 aliphatic rings. The number of rotatable bonds is 1. The van der Waals surface area contributed by atoms with Gasteiger partial charge < -0.3 is 28.4 Å². The van der Waals surface area contributed by atoms with Gasteiger partial charge in [0.2, 0.25) is 0 Å². The molecule has 11 heavy (non-hydrogen) atoms. The fourth-order valence-electron chi connectivity index (χ4n) is 0. The molecule has 0 atom stereocenters. The van der Waals surface area contributed by atoms with Crippen molar-refractivity contribution in [2.75, 3.05) is 0 Å². The molecule has 0 aliphatic carbocycles. The molecule has 62 valence electrons. The molecular weight excluding hydrogens is 150 g/mol. The van der Waals surface area contributed by atoms with Crippen molar-refractivity contribution in [1.82, 2.24) is 0 Å². The van der Waals surface area contributed by atoms with Gasteiger partial charge in [0.25, 0.3) is 0 Å². The van der Waals surface area contributed by atoms with Crippen molar-refractivity contribution in [2.45, 2.75) is 0 Å². The number of amides is 2. The van der Waals surface area contributed by atoms with Gasteiger partial charge in [-0.1, -0.05) is 6.58 Å². The molecule has 0 saturated carbocycles. The van der Waals surface area contributed by atoms with Crippen molar-refractivity contribution in [3.8, 4) is 0 Å². The van der Waals surface area contributed by atoms with Gasteiger partial charge in [0.05, 0.1) is 0 Å². The van der Waals surface area contributed by atoms with Gasteiger partial charge in [-0.25, -0.2) is 9.59 Å². The van der Waals surface area contributed by atoms with Crippen LogP contribution >= 0.6 is 0 Å². The second kappa shape index (κ2) is 15.7. The zero-order valence-electron chi connectivity index (χ0n) is 5.65. The molecule has 0 radical (unpaired) electrons. The highest BCUT2D eigenvalue weighted by molar-refractivity contribution is 5.78. The van der Waals surface area contributed by atoms with Gasteiger partial charge in [0.1, 0.15) is 0 Å². The SMILES string of the molecule is C=CC(=O)O.NC(N)=O.[C-]#N. The fraction of sp³-hybridized carbons (Fsp3) is 0. The molecule has 2 amide bonds. The zero-order valence-corrected chi connectivity index (χ0v) is 5.65. The molecule has 0 spiro atoms. The van der Waals surface area contributed by atoms with E-state index in [1.54, 1.807) is 0 Å². The highest BCUT2D eigenvalue weighted by atomic mass is 16.4. The van der Waals surface area contributed by atoms with Crippen molar-refractivity contribution >= 4 is 12.0 Å². The van der Waals surface area contributed by atoms with Crippen LogP contribution in [0.4, 0.5) is 4.79 Å². The molecule has 0 saturated heterocycles. The van der Waals surface area contributed by atoms with Crippen LogP contribution in [0, 0.1) is 11.8 Å². The molecule has 0 bridgehead atoms. The molecule has 0 rings (SSSR count). The van der Waals surface area contributed by atoms with Gasteiger partial charge >= 0.3 is 12.0 Å². The number of hydrogen-bond donors (Lipinski definition) is 3. The first-order valence-electron chi connectivity index (χ1n) is 2.13. The van der Waals surface area contributed by atoms with Crippen LogP contribution in [0.1, 0.15) is 0 Å². The minimum absolute atomic E-state index is 0.833. The summed E-state index contributed by atoms with van der Waals surface area (Å²) in [4.78, 5) is 18.2. The number of carboxylic acid groups (broad SMARTS) is 1. The first-order chi connectivity index (χ1) is 5.00. The van der Waals surface area contributed by atoms with E-state index in [4.69, 9.17) is 21.7 Å². The van der Waals surface area contributed by atoms with Crippen LogP contribution in [0.3, 0.4) is 0 Å². The van der Waals surface area contributed by atoms with E-state index in [1.807, 2.05) is 0 Å². The number of carbonyl (C=O) groups is 2. The van der Waals surface area contributed by atoms with Crippen molar-refractivity contribution in [3.05, 3.63) is 19.2 Å². The van der Waals surface area contributed by atoms with Crippen LogP contribution in [0.5, 0.6) is 0 Å². The number of primary amides is 2. The Kier molecular flexibility index (Phi) is 22.8. The molecule has 0 aromatic rings. The molecule has 6 nitrogen and oxygen atoms in total. The predicted molar refractivity (Wildman–Crippen MR) is 36.6 cm³/mol. The molecule has 0 unspecified atom stereocenters. The van der Waals surface area contributed by atoms with Crippen LogP contribution in [-0.4, -0.2) is 17.1 Å². The van der Waals surface area contributed by atoms with Gasteiger partial charge in [-0.3, -0.25) is 0 Å². The van der Waals surface area contributed by atoms with Crippen LogP contribution in [0.2, 0.25) is 0 Å². The lowest BCUT2D eigenvalue weighted by atomic mass is 10.7. The van der Waals surface area contributed by atoms with Gasteiger partial charge in [-0.15, -0.1) is 0 Å². The van der Waals surface area contributed by atoms with Gasteiger partial charge in [0, 0.05) is 6.08 Å². The first-order valence-corrected chi connectivity index (χ1v) is 2.13. The monoisotopic (exact) mass is 158 g/mol. The standard InChI is InChI=1S/C3H4O2.CH4N2O.CN/c1-2-3(4)5;2-1(3)4;1-2/h2H,1H2,(H,4,5);(H4,2,3,4);/q;;-1. The van der Waals surface area contributed by atoms with Crippen LogP contribution < -0.4 is 11.5 Å². The Bertz CT molecular complexity index is 148. The largest absolute Gasteiger partial charge is 0.512 e. The Balaban J connectivity index is -0.0000000965. The smallest absolute Gasteiger partial charge is 0.327 e. The van der Waals surface area contributed by atoms with Crippen LogP contribution in [0.15, 0.2) is 12.7 Å². The third-order valence-corrected chi connectivity index (χ3v) is 0.175. The van der Waals surface area contributed by atoms with Crippen molar-refractivity contribution in [2.24, 2.45) is 11.5 Å². The Morgan fingerprint density at radius 1 is 1.45 bits per heavy atom. The number of carboxylic acids is 1. The zero-order chi connectivity index (χ0) is 9.86. The molecular formula is C5H8N3O3-. The minimum Gasteiger partial charge on any atom is -0.512 e. The molecule has 0 fully saturated rings. The normalized spacial score (nSPS) is 5.27. The topological polar surface area (TPSA) is 130 Å². The Morgan fingerprint density at radius 2 is 1.55 bits per heavy atom. The second-order valence-electron chi connectivity index (χ2n) is 0.945. The maximum atomic E-state index is 9.25. The summed E-state index contributed by atoms with van der Waals surface area (Å²) in [6, 6.07) is -0.833. The van der Waals surface area contributed by atoms with E-state index in [2.05, 4.69) is 18.0 Å². The van der Waals surface area contributed by atoms with E-state index >= 15 is 0 Å². The first kappa shape index (κ1) is 16.0. The predicted octanol–water partition coefficient (Wildman–Crippen LogP) is -0.623. The second-order valence-corrected chi connectivity index (χ2v) is 0.945. The number of nitrogens with two attached hydrogens (primary N) is 2. The fourth-order valence-corrected chi connectivity index (χ4v) is 0. The Labute approximate surface area is 63.7 Å². The van der Waals surface area contributed by atoms with Gasteiger partial charge in [-0.05, 0) is 0 Å². The van der Waals surface area contributed by atoms with Crippen molar-refractivity contribution in [3.63, 3.8) is 0 Å². The van der Waals surface area contributed by atoms with E-state index in [9.17, 15) is 4.79 Å². The number of urea groups is 1. The summed E-state index contributed by atoms with van der Waals surface area (Å²) in [5.41, 5.74) is 8.50. The summed E-state index contributed by atoms with van der Waals surface area (Å²) < 4.78 is 0. The summed E-state index contributed by atoms with van der Waals surface area (Å²) in [6.45, 7) is 7.71. The highest BCUT2D eigenvalue weighted by Crippen LogP contribution is 1.54. The van der Waals surface area contributed by atoms with E-state index in [0.29, 0.717) is 0 Å². The highest BCUT2D eigenvalue weighted by Gasteiger charge is 1.73. The quantitative estimate of drug-likeness (QED) is 0.346. The molecule has 6 heteroatoms. The maximum Gasteiger partial charge on any atom is 0.327 e. The number of carbonyl (C=O) groups excluding carboxylic acids is 1. The number of nitrogens with zero attached hydrogens (tertiary/aromatic N) is 1. The summed E-state index contributed by atoms with van der Waals surface area (Å²) >= 11 is 0. The Hall–Kier alpha value is -2.03. The third kappa shape index (κ3) is 316000. The summed E-state index contributed by atoms with van der Waals surface area (Å²) in [5.74, 6) is -0.981. The van der Waals surface area contributed by atoms with Crippen molar-refractivity contribution < 1.29 is 14.7 Å². The third-order valence-electron chi connectivity index (χ3n) is 0.175. The molecule has 0 heterocycles. The minimum atomic E-state index is -0.981. The average Bonchev–Trinajstić information content (AvgIpc) is 1.91. The summed E-state index contributed by atoms with van der Waals surface area (Å²) in [5, 5.41) is 13.9. The van der Waals surface area contributed by atoms with Gasteiger partial charge in [-0.2, -0.15) is 0 Å². The lowest BCUT2D eigenvalue weighted by molar-refractivity contribution is -0.131. The molecule has 0 aliphatic heterocycles. The van der Waals surface area contributed by atoms with Crippen molar-refractivity contribution in [1.29, 1.82) is 5.26 Å². The van der Waals surface area contributed by atoms with Gasteiger partial charge in [0.15, 0.2) is 0 Å². The van der Waals surface area contributed by atoms with E-state index in [1.165, 1.54) is 0 Å². The number of aliphatic carboxylic acids is 1. The van der Waals surface area contributed by atoms with E-state index < -0.39 is 12.0 Å². The Morgan fingerprint density at radius 3 is 1.55 bits per heavy atom. The maximum absolute atomic E-state index is 9.25. The average molecular weight is 158 g/mol. The van der Waals surface area contributed by atoms with E-state index in [0.717, 1.165) is 6.08 Å². The molecule has 5 N–H and O–H groups in total. The van der Waals surface area contributed by atoms with Crippen LogP contribution in [0.25, 0.3) is 0 Å². The molecule has 0 aromatic carbocycles. The summed E-state index contributed by atoms with van der Waals surface area (Å²) in [6.07, 6.45) is 0.833. The lowest BCUT2D eigenvalue weighted by Crippen LogP contribution is -2.18. The number of hydrogen-bond acceptors (Lipinski definition) is 3. The molecule has 0 aromatic heterocycles.